The van der Waals surface area contributed by atoms with Crippen molar-refractivity contribution in [3.05, 3.63) is 64.2 Å². The maximum atomic E-state index is 12.5. The fourth-order valence-corrected chi connectivity index (χ4v) is 3.56. The van der Waals surface area contributed by atoms with Crippen molar-refractivity contribution in [3.8, 4) is 0 Å². The van der Waals surface area contributed by atoms with E-state index in [-0.39, 0.29) is 23.7 Å². The monoisotopic (exact) mass is 384 g/mol. The van der Waals surface area contributed by atoms with Crippen molar-refractivity contribution in [1.82, 2.24) is 5.32 Å². The van der Waals surface area contributed by atoms with Gasteiger partial charge in [-0.15, -0.1) is 0 Å². The van der Waals surface area contributed by atoms with Crippen LogP contribution in [0.5, 0.6) is 0 Å². The van der Waals surface area contributed by atoms with E-state index in [0.717, 1.165) is 35.2 Å². The second-order valence-corrected chi connectivity index (χ2v) is 7.51. The van der Waals surface area contributed by atoms with Crippen molar-refractivity contribution in [2.45, 2.75) is 33.1 Å². The number of hydrogen-bond donors (Lipinski definition) is 2. The summed E-state index contributed by atoms with van der Waals surface area (Å²) in [5.74, 6) is -0.564. The molecule has 0 aromatic heterocycles. The molecule has 2 amide bonds. The lowest BCUT2D eigenvalue weighted by Crippen LogP contribution is -2.29. The van der Waals surface area contributed by atoms with Crippen LogP contribution in [-0.4, -0.2) is 18.4 Å². The van der Waals surface area contributed by atoms with Crippen molar-refractivity contribution in [3.63, 3.8) is 0 Å². The standard InChI is InChI=1S/C22H25ClN2O2/c1-3-16-8-4-6-14(2)20(16)25-22(27)19-13-18(19)21(26)24-11-10-15-7-5-9-17(23)12-15/h4-9,12,18-19H,3,10-11,13H2,1-2H3,(H,24,26)(H,25,27). The first kappa shape index (κ1) is 19.4. The minimum absolute atomic E-state index is 0.0438. The Bertz CT molecular complexity index is 850. The lowest BCUT2D eigenvalue weighted by Gasteiger charge is -2.13. The molecule has 0 spiro atoms. The average Bonchev–Trinajstić information content (AvgIpc) is 3.44. The van der Waals surface area contributed by atoms with Crippen molar-refractivity contribution < 1.29 is 9.59 Å². The Morgan fingerprint density at radius 2 is 1.85 bits per heavy atom. The topological polar surface area (TPSA) is 58.2 Å². The number of amides is 2. The van der Waals surface area contributed by atoms with Gasteiger partial charge in [0.1, 0.15) is 0 Å². The summed E-state index contributed by atoms with van der Waals surface area (Å²) in [5, 5.41) is 6.66. The van der Waals surface area contributed by atoms with E-state index >= 15 is 0 Å². The van der Waals surface area contributed by atoms with Crippen molar-refractivity contribution in [2.24, 2.45) is 11.8 Å². The summed E-state index contributed by atoms with van der Waals surface area (Å²) in [6.07, 6.45) is 2.19. The number of para-hydroxylation sites is 1. The third-order valence-electron chi connectivity index (χ3n) is 5.05. The minimum atomic E-state index is -0.236. The highest BCUT2D eigenvalue weighted by Gasteiger charge is 2.48. The molecule has 0 saturated heterocycles. The Balaban J connectivity index is 1.49. The van der Waals surface area contributed by atoms with Gasteiger partial charge in [-0.25, -0.2) is 0 Å². The van der Waals surface area contributed by atoms with Gasteiger partial charge in [-0.2, -0.15) is 0 Å². The molecule has 142 valence electrons. The number of carbonyl (C=O) groups excluding carboxylic acids is 2. The van der Waals surface area contributed by atoms with Gasteiger partial charge in [0, 0.05) is 17.3 Å². The molecule has 2 aromatic carbocycles. The first-order chi connectivity index (χ1) is 13.0. The van der Waals surface area contributed by atoms with Gasteiger partial charge in [0.2, 0.25) is 11.8 Å². The molecule has 0 heterocycles. The van der Waals surface area contributed by atoms with Crippen LogP contribution in [0.4, 0.5) is 5.69 Å². The van der Waals surface area contributed by atoms with E-state index in [2.05, 4.69) is 17.6 Å². The lowest BCUT2D eigenvalue weighted by atomic mass is 10.1. The van der Waals surface area contributed by atoms with E-state index in [1.807, 2.05) is 49.4 Å². The number of benzene rings is 2. The smallest absolute Gasteiger partial charge is 0.228 e. The van der Waals surface area contributed by atoms with Crippen LogP contribution in [0.25, 0.3) is 0 Å². The summed E-state index contributed by atoms with van der Waals surface area (Å²) in [5.41, 5.74) is 4.13. The van der Waals surface area contributed by atoms with Gasteiger partial charge in [-0.3, -0.25) is 9.59 Å². The summed E-state index contributed by atoms with van der Waals surface area (Å²) in [6, 6.07) is 13.6. The number of anilines is 1. The molecule has 2 N–H and O–H groups in total. The molecular formula is C22H25ClN2O2. The van der Waals surface area contributed by atoms with Crippen molar-refractivity contribution in [1.29, 1.82) is 0 Å². The zero-order valence-corrected chi connectivity index (χ0v) is 16.5. The molecule has 1 fully saturated rings. The van der Waals surface area contributed by atoms with Gasteiger partial charge in [-0.05, 0) is 55.0 Å². The number of nitrogens with one attached hydrogen (secondary N) is 2. The van der Waals surface area contributed by atoms with Crippen molar-refractivity contribution >= 4 is 29.1 Å². The number of halogens is 1. The molecule has 0 radical (unpaired) electrons. The van der Waals surface area contributed by atoms with Crippen LogP contribution in [-0.2, 0) is 22.4 Å². The van der Waals surface area contributed by atoms with E-state index < -0.39 is 0 Å². The second-order valence-electron chi connectivity index (χ2n) is 7.07. The molecule has 0 aliphatic heterocycles. The van der Waals surface area contributed by atoms with Gasteiger partial charge in [0.05, 0.1) is 11.8 Å². The maximum absolute atomic E-state index is 12.5. The van der Waals surface area contributed by atoms with Gasteiger partial charge >= 0.3 is 0 Å². The van der Waals surface area contributed by atoms with Gasteiger partial charge in [-0.1, -0.05) is 48.9 Å². The lowest BCUT2D eigenvalue weighted by molar-refractivity contribution is -0.125. The molecule has 1 saturated carbocycles. The van der Waals surface area contributed by atoms with E-state index in [1.165, 1.54) is 0 Å². The quantitative estimate of drug-likeness (QED) is 0.753. The molecule has 2 unspecified atom stereocenters. The fourth-order valence-electron chi connectivity index (χ4n) is 3.35. The molecule has 4 nitrogen and oxygen atoms in total. The number of aryl methyl sites for hydroxylation is 2. The predicted octanol–water partition coefficient (Wildman–Crippen LogP) is 4.14. The van der Waals surface area contributed by atoms with Gasteiger partial charge < -0.3 is 10.6 Å². The summed E-state index contributed by atoms with van der Waals surface area (Å²) >= 11 is 5.97. The summed E-state index contributed by atoms with van der Waals surface area (Å²) in [6.45, 7) is 4.60. The zero-order chi connectivity index (χ0) is 19.4. The van der Waals surface area contributed by atoms with Crippen LogP contribution in [0.15, 0.2) is 42.5 Å². The first-order valence-electron chi connectivity index (χ1n) is 9.41. The first-order valence-corrected chi connectivity index (χ1v) is 9.79. The Labute approximate surface area is 165 Å². The van der Waals surface area contributed by atoms with Crippen LogP contribution in [0.3, 0.4) is 0 Å². The van der Waals surface area contributed by atoms with Crippen LogP contribution in [0.1, 0.15) is 30.0 Å². The zero-order valence-electron chi connectivity index (χ0n) is 15.7. The second kappa shape index (κ2) is 8.57. The fraction of sp³-hybridized carbons (Fsp3) is 0.364. The van der Waals surface area contributed by atoms with E-state index in [0.29, 0.717) is 18.0 Å². The third-order valence-corrected chi connectivity index (χ3v) is 5.29. The number of hydrogen-bond acceptors (Lipinski definition) is 2. The van der Waals surface area contributed by atoms with E-state index in [4.69, 9.17) is 11.6 Å². The summed E-state index contributed by atoms with van der Waals surface area (Å²) < 4.78 is 0. The molecule has 5 heteroatoms. The largest absolute Gasteiger partial charge is 0.356 e. The normalized spacial score (nSPS) is 18.0. The molecule has 2 atom stereocenters. The molecule has 1 aliphatic rings. The Hall–Kier alpha value is -2.33. The van der Waals surface area contributed by atoms with Gasteiger partial charge in [0.15, 0.2) is 0 Å². The highest BCUT2D eigenvalue weighted by Crippen LogP contribution is 2.40. The summed E-state index contributed by atoms with van der Waals surface area (Å²) in [4.78, 5) is 24.8. The van der Waals surface area contributed by atoms with Crippen LogP contribution in [0.2, 0.25) is 5.02 Å². The third kappa shape index (κ3) is 4.89. The Morgan fingerprint density at radius 1 is 1.11 bits per heavy atom. The minimum Gasteiger partial charge on any atom is -0.356 e. The Kier molecular flexibility index (Phi) is 6.17. The average molecular weight is 385 g/mol. The van der Waals surface area contributed by atoms with Crippen molar-refractivity contribution in [2.75, 3.05) is 11.9 Å². The molecule has 0 bridgehead atoms. The maximum Gasteiger partial charge on any atom is 0.228 e. The molecule has 3 rings (SSSR count). The molecular weight excluding hydrogens is 360 g/mol. The van der Waals surface area contributed by atoms with Crippen LogP contribution in [0, 0.1) is 18.8 Å². The molecule has 1 aliphatic carbocycles. The molecule has 2 aromatic rings. The SMILES string of the molecule is CCc1cccc(C)c1NC(=O)C1CC1C(=O)NCCc1cccc(Cl)c1. The highest BCUT2D eigenvalue weighted by molar-refractivity contribution is 6.30. The van der Waals surface area contributed by atoms with E-state index in [9.17, 15) is 9.59 Å². The van der Waals surface area contributed by atoms with Crippen LogP contribution >= 0.6 is 11.6 Å². The van der Waals surface area contributed by atoms with Gasteiger partial charge in [0.25, 0.3) is 0 Å². The predicted molar refractivity (Wildman–Crippen MR) is 109 cm³/mol. The Morgan fingerprint density at radius 3 is 2.59 bits per heavy atom. The number of rotatable bonds is 7. The summed E-state index contributed by atoms with van der Waals surface area (Å²) in [7, 11) is 0. The molecule has 27 heavy (non-hydrogen) atoms. The van der Waals surface area contributed by atoms with E-state index in [1.54, 1.807) is 0 Å². The van der Waals surface area contributed by atoms with Crippen LogP contribution < -0.4 is 10.6 Å². The highest BCUT2D eigenvalue weighted by atomic mass is 35.5. The number of carbonyl (C=O) groups is 2.